The van der Waals surface area contributed by atoms with Gasteiger partial charge in [-0.15, -0.1) is 0 Å². The van der Waals surface area contributed by atoms with Crippen LogP contribution in [0.25, 0.3) is 10.9 Å². The van der Waals surface area contributed by atoms with Crippen molar-refractivity contribution in [3.05, 3.63) is 36.0 Å². The summed E-state index contributed by atoms with van der Waals surface area (Å²) in [4.78, 5) is 144. The number of carbonyl (C=O) groups is 10. The summed E-state index contributed by atoms with van der Waals surface area (Å²) < 4.78 is 0. The molecule has 22 nitrogen and oxygen atoms in total. The Morgan fingerprint density at radius 1 is 0.636 bits per heavy atom. The van der Waals surface area contributed by atoms with Crippen molar-refractivity contribution in [2.75, 3.05) is 13.1 Å². The number of nitrogens with one attached hydrogen (secondary N) is 7. The van der Waals surface area contributed by atoms with E-state index >= 15 is 0 Å². The van der Waals surface area contributed by atoms with E-state index in [1.165, 1.54) is 9.80 Å². The number of hydrogen-bond donors (Lipinski definition) is 10. The Hall–Kier alpha value is -6.58. The second-order valence-corrected chi connectivity index (χ2v) is 22.3. The van der Waals surface area contributed by atoms with Gasteiger partial charge in [0, 0.05) is 43.0 Å². The van der Waals surface area contributed by atoms with E-state index < -0.39 is 125 Å². The number of aromatic amines is 1. The number of carboxylic acids is 1. The highest BCUT2D eigenvalue weighted by atomic mass is 16.4. The van der Waals surface area contributed by atoms with Crippen molar-refractivity contribution in [1.29, 1.82) is 0 Å². The summed E-state index contributed by atoms with van der Waals surface area (Å²) in [5, 5.41) is 27.2. The molecule has 4 rings (SSSR count). The van der Waals surface area contributed by atoms with Gasteiger partial charge in [-0.2, -0.15) is 0 Å². The predicted molar refractivity (Wildman–Crippen MR) is 290 cm³/mol. The molecule has 2 fully saturated rings. The van der Waals surface area contributed by atoms with Crippen molar-refractivity contribution in [3.8, 4) is 0 Å². The average Bonchev–Trinajstić information content (AvgIpc) is 4.17. The van der Waals surface area contributed by atoms with E-state index in [2.05, 4.69) is 36.9 Å². The predicted octanol–water partition coefficient (Wildman–Crippen LogP) is 2.12. The van der Waals surface area contributed by atoms with Gasteiger partial charge in [0.1, 0.15) is 48.3 Å². The molecule has 0 saturated carbocycles. The normalized spacial score (nSPS) is 19.1. The van der Waals surface area contributed by atoms with Crippen LogP contribution in [0.4, 0.5) is 0 Å². The topological polar surface area (TPSA) is 337 Å². The summed E-state index contributed by atoms with van der Waals surface area (Å²) in [6.45, 7) is 18.5. The molecule has 2 aromatic rings. The first kappa shape index (κ1) is 63.0. The second-order valence-electron chi connectivity index (χ2n) is 22.3. The Kier molecular flexibility index (Phi) is 23.9. The number of primary amides is 1. The minimum absolute atomic E-state index is 0.0323. The van der Waals surface area contributed by atoms with Crippen LogP contribution in [-0.4, -0.2) is 146 Å². The quantitative estimate of drug-likeness (QED) is 0.0560. The van der Waals surface area contributed by atoms with Crippen molar-refractivity contribution in [1.82, 2.24) is 46.7 Å². The summed E-state index contributed by atoms with van der Waals surface area (Å²) >= 11 is 0. The summed E-state index contributed by atoms with van der Waals surface area (Å²) in [6.07, 6.45) is 3.86. The lowest BCUT2D eigenvalue weighted by molar-refractivity contribution is -0.147. The molecule has 9 amide bonds. The molecule has 1 aromatic heterocycles. The first-order valence-corrected chi connectivity index (χ1v) is 27.5. The Bertz CT molecular complexity index is 2410. The van der Waals surface area contributed by atoms with Crippen LogP contribution in [0.2, 0.25) is 0 Å². The SMILES string of the molecule is CC[C@H](C)[C@H](N)C(=O)N[C@@H](CC(C)C)C(=O)N[C@@H](CC(C)C)C(=O)N[C@@H](Cc1c[nH]c2ccccc12)C(=O)N[C@@H](CCC(N)=O)C(=O)N1CCC[C@H]1C(=O)N[C@H](C(=O)N1CCC[C@H]1C(=O)N[C@H](C(=O)O)C(C)C)[C@@H](C)CC. The van der Waals surface area contributed by atoms with Gasteiger partial charge in [0.15, 0.2) is 0 Å². The molecule has 12 N–H and O–H groups in total. The highest BCUT2D eigenvalue weighted by Gasteiger charge is 2.44. The number of benzene rings is 1. The number of hydrogen-bond acceptors (Lipinski definition) is 11. The Morgan fingerprint density at radius 2 is 1.12 bits per heavy atom. The molecule has 0 radical (unpaired) electrons. The molecule has 2 saturated heterocycles. The van der Waals surface area contributed by atoms with Crippen molar-refractivity contribution in [3.63, 3.8) is 0 Å². The number of rotatable bonds is 29. The molecular weight excluding hydrogens is 991 g/mol. The number of nitrogens with zero attached hydrogens (tertiary/aromatic N) is 2. The van der Waals surface area contributed by atoms with Gasteiger partial charge in [-0.1, -0.05) is 100 Å². The van der Waals surface area contributed by atoms with Crippen LogP contribution in [0.1, 0.15) is 139 Å². The molecule has 22 heteroatoms. The highest BCUT2D eigenvalue weighted by Crippen LogP contribution is 2.26. The van der Waals surface area contributed by atoms with Gasteiger partial charge in [0.2, 0.25) is 53.2 Å². The molecule has 1 aromatic carbocycles. The fourth-order valence-corrected chi connectivity index (χ4v) is 9.96. The highest BCUT2D eigenvalue weighted by molar-refractivity contribution is 5.99. The largest absolute Gasteiger partial charge is 0.480 e. The molecule has 0 aliphatic carbocycles. The van der Waals surface area contributed by atoms with Gasteiger partial charge in [0.05, 0.1) is 6.04 Å². The first-order valence-electron chi connectivity index (χ1n) is 27.5. The van der Waals surface area contributed by atoms with E-state index in [1.807, 2.05) is 72.7 Å². The lowest BCUT2D eigenvalue weighted by Gasteiger charge is -2.34. The molecule has 11 atom stereocenters. The Balaban J connectivity index is 1.62. The summed E-state index contributed by atoms with van der Waals surface area (Å²) in [5.41, 5.74) is 13.2. The zero-order valence-corrected chi connectivity index (χ0v) is 46.7. The third kappa shape index (κ3) is 17.5. The molecule has 0 spiro atoms. The van der Waals surface area contributed by atoms with Gasteiger partial charge < -0.3 is 63.3 Å². The van der Waals surface area contributed by atoms with E-state index in [0.29, 0.717) is 37.7 Å². The van der Waals surface area contributed by atoms with Gasteiger partial charge in [-0.05, 0) is 86.2 Å². The molecule has 2 aliphatic rings. The molecule has 3 heterocycles. The number of H-pyrrole nitrogens is 1. The van der Waals surface area contributed by atoms with Crippen molar-refractivity contribution in [2.45, 2.75) is 194 Å². The number of amides is 9. The number of fused-ring (bicyclic) bond motifs is 1. The van der Waals surface area contributed by atoms with Gasteiger partial charge >= 0.3 is 5.97 Å². The van der Waals surface area contributed by atoms with Crippen LogP contribution < -0.4 is 43.4 Å². The van der Waals surface area contributed by atoms with Gasteiger partial charge in [-0.3, -0.25) is 43.2 Å². The molecule has 77 heavy (non-hydrogen) atoms. The molecule has 0 bridgehead atoms. The maximum absolute atomic E-state index is 14.8. The number of likely N-dealkylation sites (tertiary alicyclic amines) is 2. The number of carboxylic acid groups (broad SMARTS) is 1. The lowest BCUT2D eigenvalue weighted by Crippen LogP contribution is -2.61. The number of carbonyl (C=O) groups excluding carboxylic acids is 9. The lowest BCUT2D eigenvalue weighted by atomic mass is 9.96. The van der Waals surface area contributed by atoms with E-state index in [1.54, 1.807) is 27.0 Å². The van der Waals surface area contributed by atoms with E-state index in [4.69, 9.17) is 11.5 Å². The Morgan fingerprint density at radius 3 is 1.62 bits per heavy atom. The smallest absolute Gasteiger partial charge is 0.326 e. The average molecular weight is 1080 g/mol. The minimum atomic E-state index is -1.42. The van der Waals surface area contributed by atoms with Crippen LogP contribution in [0, 0.1) is 29.6 Å². The van der Waals surface area contributed by atoms with Gasteiger partial charge in [0.25, 0.3) is 0 Å². The van der Waals surface area contributed by atoms with Crippen LogP contribution in [-0.2, 0) is 54.4 Å². The van der Waals surface area contributed by atoms with Crippen LogP contribution in [0.5, 0.6) is 0 Å². The number of aliphatic carboxylic acids is 1. The standard InChI is InChI=1S/C55H87N11O11/c1-11-32(9)44(57)52(73)62-39(26-30(5)6)48(69)60-38(25-29(3)4)47(68)61-40(27-34-28-58-36-18-14-13-17-35(34)36)49(70)59-37(21-22-43(56)67)53(74)65-23-15-19-41(65)51(72)64-46(33(10)12-2)54(75)66-24-16-20-42(66)50(71)63-45(31(7)8)55(76)77/h13-14,17-18,28-33,37-42,44-46,58H,11-12,15-16,19-27,57H2,1-10H3,(H2,56,67)(H,59,70)(H,60,69)(H,61,68)(H,62,73)(H,63,71)(H,64,72)(H,76,77)/t32-,33-,37-,38-,39-,40-,41-,42-,44-,45-,46-/m0/s1. The third-order valence-electron chi connectivity index (χ3n) is 15.0. The van der Waals surface area contributed by atoms with E-state index in [9.17, 15) is 53.1 Å². The molecule has 2 aliphatic heterocycles. The zero-order valence-electron chi connectivity index (χ0n) is 46.7. The molecule has 0 unspecified atom stereocenters. The monoisotopic (exact) mass is 1080 g/mol. The molecular formula is C55H87N11O11. The van der Waals surface area contributed by atoms with Crippen molar-refractivity contribution < 1.29 is 53.1 Å². The Labute approximate surface area is 452 Å². The van der Waals surface area contributed by atoms with Crippen molar-refractivity contribution in [2.24, 2.45) is 41.1 Å². The number of nitrogens with two attached hydrogens (primary N) is 2. The second kappa shape index (κ2) is 29.2. The zero-order chi connectivity index (χ0) is 57.4. The van der Waals surface area contributed by atoms with Crippen LogP contribution in [0.3, 0.4) is 0 Å². The maximum atomic E-state index is 14.8. The fraction of sp³-hybridized carbons (Fsp3) is 0.673. The minimum Gasteiger partial charge on any atom is -0.480 e. The van der Waals surface area contributed by atoms with E-state index in [-0.39, 0.29) is 69.4 Å². The molecule has 428 valence electrons. The number of para-hydroxylation sites is 1. The van der Waals surface area contributed by atoms with Gasteiger partial charge in [-0.25, -0.2) is 4.79 Å². The summed E-state index contributed by atoms with van der Waals surface area (Å²) in [5.74, 6) is -8.23. The first-order chi connectivity index (χ1) is 36.3. The van der Waals surface area contributed by atoms with E-state index in [0.717, 1.165) is 10.9 Å². The summed E-state index contributed by atoms with van der Waals surface area (Å²) in [6, 6.07) is -2.87. The van der Waals surface area contributed by atoms with Crippen LogP contribution >= 0.6 is 0 Å². The van der Waals surface area contributed by atoms with Crippen molar-refractivity contribution >= 4 is 70.0 Å². The van der Waals surface area contributed by atoms with Crippen LogP contribution in [0.15, 0.2) is 30.5 Å². The summed E-state index contributed by atoms with van der Waals surface area (Å²) in [7, 11) is 0. The number of aromatic nitrogens is 1. The third-order valence-corrected chi connectivity index (χ3v) is 15.0. The maximum Gasteiger partial charge on any atom is 0.326 e. The fourth-order valence-electron chi connectivity index (χ4n) is 9.96.